The molecule has 1 rings (SSSR count). The van der Waals surface area contributed by atoms with Gasteiger partial charge in [0.05, 0.1) is 6.54 Å². The molecule has 0 fully saturated rings. The van der Waals surface area contributed by atoms with Crippen LogP contribution in [0.3, 0.4) is 0 Å². The number of guanidine groups is 1. The summed E-state index contributed by atoms with van der Waals surface area (Å²) in [5, 5.41) is 6.71. The Kier molecular flexibility index (Phi) is 11.2. The Morgan fingerprint density at radius 2 is 1.96 bits per heavy atom. The maximum absolute atomic E-state index is 12.1. The van der Waals surface area contributed by atoms with Gasteiger partial charge in [0.1, 0.15) is 0 Å². The van der Waals surface area contributed by atoms with Crippen LogP contribution < -0.4 is 10.6 Å². The van der Waals surface area contributed by atoms with E-state index in [2.05, 4.69) is 36.4 Å². The first-order valence-electron chi connectivity index (χ1n) is 9.09. The highest BCUT2D eigenvalue weighted by atomic mass is 32.2. The highest BCUT2D eigenvalue weighted by Gasteiger charge is 2.05. The molecule has 0 saturated carbocycles. The van der Waals surface area contributed by atoms with Gasteiger partial charge >= 0.3 is 0 Å². The smallest absolute Gasteiger partial charge is 0.191 e. The first-order valence-corrected chi connectivity index (χ1v) is 10.6. The number of hydrogen-bond acceptors (Lipinski definition) is 2. The van der Waals surface area contributed by atoms with Crippen molar-refractivity contribution in [3.05, 3.63) is 35.9 Å². The number of rotatable bonds is 11. The van der Waals surface area contributed by atoms with Crippen LogP contribution in [0.25, 0.3) is 0 Å². The molecule has 0 bridgehead atoms. The van der Waals surface area contributed by atoms with Crippen LogP contribution in [-0.4, -0.2) is 35.1 Å². The molecule has 5 heteroatoms. The zero-order valence-corrected chi connectivity index (χ0v) is 16.2. The van der Waals surface area contributed by atoms with E-state index in [9.17, 15) is 4.21 Å². The van der Waals surface area contributed by atoms with Gasteiger partial charge in [0.15, 0.2) is 5.96 Å². The van der Waals surface area contributed by atoms with Crippen LogP contribution in [0.15, 0.2) is 35.3 Å². The lowest BCUT2D eigenvalue weighted by Gasteiger charge is -2.17. The number of benzene rings is 1. The Morgan fingerprint density at radius 1 is 1.21 bits per heavy atom. The maximum Gasteiger partial charge on any atom is 0.191 e. The minimum Gasteiger partial charge on any atom is -0.357 e. The zero-order chi connectivity index (χ0) is 17.6. The van der Waals surface area contributed by atoms with E-state index in [0.717, 1.165) is 24.5 Å². The summed E-state index contributed by atoms with van der Waals surface area (Å²) in [6.45, 7) is 7.89. The van der Waals surface area contributed by atoms with Gasteiger partial charge in [-0.2, -0.15) is 0 Å². The van der Waals surface area contributed by atoms with Crippen molar-refractivity contribution in [1.82, 2.24) is 10.6 Å². The molecule has 0 aliphatic rings. The molecule has 2 atom stereocenters. The lowest BCUT2D eigenvalue weighted by molar-refractivity contribution is 0.547. The summed E-state index contributed by atoms with van der Waals surface area (Å²) < 4.78 is 12.1. The molecule has 0 aliphatic carbocycles. The lowest BCUT2D eigenvalue weighted by atomic mass is 10.1. The van der Waals surface area contributed by atoms with E-state index in [0.29, 0.717) is 24.1 Å². The van der Waals surface area contributed by atoms with Gasteiger partial charge in [-0.15, -0.1) is 0 Å². The van der Waals surface area contributed by atoms with Crippen LogP contribution in [0.4, 0.5) is 0 Å². The number of nitrogens with zero attached hydrogens (tertiary/aromatic N) is 1. The third-order valence-corrected chi connectivity index (χ3v) is 5.02. The molecular weight excluding hydrogens is 318 g/mol. The number of nitrogens with one attached hydrogen (secondary N) is 2. The monoisotopic (exact) mass is 351 g/mol. The molecule has 0 spiro atoms. The molecule has 24 heavy (non-hydrogen) atoms. The van der Waals surface area contributed by atoms with E-state index in [1.54, 1.807) is 0 Å². The molecule has 0 amide bonds. The van der Waals surface area contributed by atoms with Crippen molar-refractivity contribution in [2.24, 2.45) is 4.99 Å². The normalized spacial score (nSPS) is 14.2. The molecule has 2 unspecified atom stereocenters. The van der Waals surface area contributed by atoms with Crippen molar-refractivity contribution in [3.8, 4) is 0 Å². The molecule has 0 aliphatic heterocycles. The quantitative estimate of drug-likeness (QED) is 0.365. The molecular formula is C19H33N3OS. The van der Waals surface area contributed by atoms with E-state index < -0.39 is 10.8 Å². The van der Waals surface area contributed by atoms with Crippen molar-refractivity contribution < 1.29 is 4.21 Å². The molecule has 136 valence electrons. The first-order chi connectivity index (χ1) is 11.7. The molecule has 0 heterocycles. The van der Waals surface area contributed by atoms with Gasteiger partial charge in [-0.3, -0.25) is 9.20 Å². The Morgan fingerprint density at radius 3 is 2.62 bits per heavy atom. The maximum atomic E-state index is 12.1. The van der Waals surface area contributed by atoms with Crippen LogP contribution in [0.1, 0.15) is 52.0 Å². The third kappa shape index (κ3) is 9.71. The predicted octanol–water partition coefficient (Wildman–Crippen LogP) is 3.46. The standard InChI is InChI=1S/C19H33N3OS/c1-4-6-8-11-17(3)22-19(20-5-2)21-14-15-24(23)16-18-12-9-7-10-13-18/h7,9-10,12-13,17H,4-6,8,11,14-16H2,1-3H3,(H2,20,21,22). The Labute approximate surface area is 150 Å². The van der Waals surface area contributed by atoms with Gasteiger partial charge in [0.2, 0.25) is 0 Å². The minimum atomic E-state index is -0.873. The van der Waals surface area contributed by atoms with Crippen LogP contribution >= 0.6 is 0 Å². The molecule has 4 nitrogen and oxygen atoms in total. The number of aliphatic imine (C=N–C) groups is 1. The van der Waals surface area contributed by atoms with E-state index in [1.165, 1.54) is 19.3 Å². The summed E-state index contributed by atoms with van der Waals surface area (Å²) in [5.41, 5.74) is 1.12. The van der Waals surface area contributed by atoms with Crippen molar-refractivity contribution in [2.75, 3.05) is 18.8 Å². The van der Waals surface area contributed by atoms with Gasteiger partial charge in [-0.25, -0.2) is 0 Å². The molecule has 1 aromatic rings. The van der Waals surface area contributed by atoms with E-state index in [-0.39, 0.29) is 0 Å². The lowest BCUT2D eigenvalue weighted by Crippen LogP contribution is -2.42. The summed E-state index contributed by atoms with van der Waals surface area (Å²) in [7, 11) is -0.873. The first kappa shape index (κ1) is 20.7. The van der Waals surface area contributed by atoms with Crippen LogP contribution in [0.5, 0.6) is 0 Å². The summed E-state index contributed by atoms with van der Waals surface area (Å²) >= 11 is 0. The average Bonchev–Trinajstić information content (AvgIpc) is 2.56. The molecule has 0 radical (unpaired) electrons. The summed E-state index contributed by atoms with van der Waals surface area (Å²) in [6.07, 6.45) is 4.91. The number of unbranched alkanes of at least 4 members (excludes halogenated alkanes) is 2. The van der Waals surface area contributed by atoms with E-state index in [4.69, 9.17) is 0 Å². The Hall–Kier alpha value is -1.36. The van der Waals surface area contributed by atoms with Gasteiger partial charge in [0, 0.05) is 34.9 Å². The van der Waals surface area contributed by atoms with Crippen LogP contribution in [0.2, 0.25) is 0 Å². The minimum absolute atomic E-state index is 0.407. The zero-order valence-electron chi connectivity index (χ0n) is 15.4. The molecule has 0 aromatic heterocycles. The SMILES string of the molecule is CCCCCC(C)NC(=NCCS(=O)Cc1ccccc1)NCC. The van der Waals surface area contributed by atoms with Crippen LogP contribution in [0, 0.1) is 0 Å². The highest BCUT2D eigenvalue weighted by Crippen LogP contribution is 2.04. The van der Waals surface area contributed by atoms with Gasteiger partial charge in [0.25, 0.3) is 0 Å². The van der Waals surface area contributed by atoms with Crippen LogP contribution in [-0.2, 0) is 16.6 Å². The molecule has 2 N–H and O–H groups in total. The fourth-order valence-corrected chi connectivity index (χ4v) is 3.42. The van der Waals surface area contributed by atoms with Crippen molar-refractivity contribution in [1.29, 1.82) is 0 Å². The second-order valence-electron chi connectivity index (χ2n) is 6.08. The Balaban J connectivity index is 2.37. The fraction of sp³-hybridized carbons (Fsp3) is 0.632. The van der Waals surface area contributed by atoms with E-state index >= 15 is 0 Å². The molecule has 0 saturated heterocycles. The third-order valence-electron chi connectivity index (χ3n) is 3.73. The van der Waals surface area contributed by atoms with Crippen molar-refractivity contribution in [3.63, 3.8) is 0 Å². The van der Waals surface area contributed by atoms with Gasteiger partial charge in [-0.1, -0.05) is 56.5 Å². The number of hydrogen-bond donors (Lipinski definition) is 2. The molecule has 1 aromatic carbocycles. The van der Waals surface area contributed by atoms with Gasteiger partial charge < -0.3 is 10.6 Å². The second-order valence-corrected chi connectivity index (χ2v) is 7.65. The van der Waals surface area contributed by atoms with Gasteiger partial charge in [-0.05, 0) is 25.8 Å². The topological polar surface area (TPSA) is 53.5 Å². The van der Waals surface area contributed by atoms with E-state index in [1.807, 2.05) is 30.3 Å². The summed E-state index contributed by atoms with van der Waals surface area (Å²) in [4.78, 5) is 4.56. The largest absolute Gasteiger partial charge is 0.357 e. The highest BCUT2D eigenvalue weighted by molar-refractivity contribution is 7.84. The summed E-state index contributed by atoms with van der Waals surface area (Å²) in [5.74, 6) is 2.03. The van der Waals surface area contributed by atoms with Crippen molar-refractivity contribution >= 4 is 16.8 Å². The summed E-state index contributed by atoms with van der Waals surface area (Å²) in [6, 6.07) is 10.4. The van der Waals surface area contributed by atoms with Crippen molar-refractivity contribution in [2.45, 2.75) is 58.2 Å². The predicted molar refractivity (Wildman–Crippen MR) is 106 cm³/mol. The average molecular weight is 352 g/mol. The Bertz CT molecular complexity index is 491. The second kappa shape index (κ2) is 13.0. The fourth-order valence-electron chi connectivity index (χ4n) is 2.42.